The van der Waals surface area contributed by atoms with Gasteiger partial charge in [-0.2, -0.15) is 0 Å². The molecule has 0 saturated carbocycles. The van der Waals surface area contributed by atoms with Crippen LogP contribution in [0.3, 0.4) is 0 Å². The summed E-state index contributed by atoms with van der Waals surface area (Å²) in [5.41, 5.74) is 5.93. The quantitative estimate of drug-likeness (QED) is 0.605. The Hall–Kier alpha value is -1.70. The van der Waals surface area contributed by atoms with Crippen molar-refractivity contribution in [2.45, 2.75) is 62.7 Å². The van der Waals surface area contributed by atoms with Gasteiger partial charge in [-0.3, -0.25) is 10.2 Å². The third-order valence-corrected chi connectivity index (χ3v) is 7.88. The number of nitrogens with one attached hydrogen (secondary N) is 2. The van der Waals surface area contributed by atoms with E-state index in [1.54, 1.807) is 12.1 Å². The fourth-order valence-corrected chi connectivity index (χ4v) is 5.93. The van der Waals surface area contributed by atoms with Crippen LogP contribution in [0.1, 0.15) is 63.3 Å². The molecule has 5 nitrogen and oxygen atoms in total. The van der Waals surface area contributed by atoms with E-state index in [1.165, 1.54) is 33.8 Å². The Bertz CT molecular complexity index is 940. The first-order chi connectivity index (χ1) is 13.0. The first-order valence-corrected chi connectivity index (χ1v) is 11.9. The zero-order valence-electron chi connectivity index (χ0n) is 15.2. The molecule has 0 atom stereocenters. The Morgan fingerprint density at radius 1 is 0.852 bits per heavy atom. The lowest BCUT2D eigenvalue weighted by atomic mass is 9.92. The molecule has 1 heterocycles. The minimum Gasteiger partial charge on any atom is -0.273 e. The molecule has 0 aliphatic heterocycles. The monoisotopic (exact) mass is 404 g/mol. The van der Waals surface area contributed by atoms with E-state index in [0.717, 1.165) is 56.9 Å². The molecule has 1 aromatic heterocycles. The normalized spacial score (nSPS) is 16.9. The van der Waals surface area contributed by atoms with Crippen LogP contribution in [0.2, 0.25) is 0 Å². The largest absolute Gasteiger partial charge is 0.276 e. The van der Waals surface area contributed by atoms with Crippen LogP contribution >= 0.6 is 11.3 Å². The fourth-order valence-electron chi connectivity index (χ4n) is 3.89. The summed E-state index contributed by atoms with van der Waals surface area (Å²) >= 11 is 1.47. The number of sulfonamides is 1. The van der Waals surface area contributed by atoms with Gasteiger partial charge in [-0.15, -0.1) is 16.2 Å². The molecule has 4 rings (SSSR count). The number of hydrazine groups is 1. The summed E-state index contributed by atoms with van der Waals surface area (Å²) in [7, 11) is -3.78. The summed E-state index contributed by atoms with van der Waals surface area (Å²) in [6, 6.07) is 7.15. The van der Waals surface area contributed by atoms with Crippen molar-refractivity contribution in [2.24, 2.45) is 0 Å². The number of carbonyl (C=O) groups excluding carboxylic acids is 1. The Kier molecular flexibility index (Phi) is 5.34. The Morgan fingerprint density at radius 2 is 1.56 bits per heavy atom. The number of rotatable bonds is 4. The van der Waals surface area contributed by atoms with Gasteiger partial charge in [0, 0.05) is 4.88 Å². The van der Waals surface area contributed by atoms with E-state index in [0.29, 0.717) is 4.88 Å². The number of thiophene rings is 1. The van der Waals surface area contributed by atoms with Crippen LogP contribution in [0.25, 0.3) is 0 Å². The van der Waals surface area contributed by atoms with Crippen LogP contribution in [0.4, 0.5) is 0 Å². The van der Waals surface area contributed by atoms with Gasteiger partial charge in [0.2, 0.25) is 0 Å². The minimum atomic E-state index is -3.78. The van der Waals surface area contributed by atoms with Crippen molar-refractivity contribution in [3.8, 4) is 0 Å². The van der Waals surface area contributed by atoms with Crippen LogP contribution in [-0.4, -0.2) is 14.3 Å². The van der Waals surface area contributed by atoms with Crippen molar-refractivity contribution >= 4 is 27.3 Å². The Morgan fingerprint density at radius 3 is 2.41 bits per heavy atom. The summed E-state index contributed by atoms with van der Waals surface area (Å²) in [6.07, 6.45) is 9.68. The van der Waals surface area contributed by atoms with E-state index in [2.05, 4.69) is 10.3 Å². The lowest BCUT2D eigenvalue weighted by Gasteiger charge is -2.16. The molecule has 2 aliphatic rings. The first-order valence-electron chi connectivity index (χ1n) is 9.58. The van der Waals surface area contributed by atoms with Crippen LogP contribution < -0.4 is 10.3 Å². The molecule has 0 fully saturated rings. The summed E-state index contributed by atoms with van der Waals surface area (Å²) in [4.78, 5) is 16.7. The van der Waals surface area contributed by atoms with Crippen LogP contribution in [-0.2, 0) is 35.7 Å². The van der Waals surface area contributed by atoms with Crippen molar-refractivity contribution in [3.05, 3.63) is 50.7 Å². The predicted octanol–water partition coefficient (Wildman–Crippen LogP) is 3.52. The van der Waals surface area contributed by atoms with Crippen molar-refractivity contribution in [1.29, 1.82) is 0 Å². The Balaban J connectivity index is 1.45. The smallest absolute Gasteiger partial charge is 0.273 e. The van der Waals surface area contributed by atoms with Crippen LogP contribution in [0.5, 0.6) is 0 Å². The molecule has 2 N–H and O–H groups in total. The number of aryl methyl sites for hydroxylation is 4. The maximum Gasteiger partial charge on any atom is 0.276 e. The van der Waals surface area contributed by atoms with E-state index < -0.39 is 15.9 Å². The molecule has 0 spiro atoms. The highest BCUT2D eigenvalue weighted by Crippen LogP contribution is 2.29. The molecule has 0 bridgehead atoms. The number of hydrogen-bond donors (Lipinski definition) is 2. The van der Waals surface area contributed by atoms with Gasteiger partial charge in [0.25, 0.3) is 15.9 Å². The molecule has 2 aliphatic carbocycles. The van der Waals surface area contributed by atoms with Crippen molar-refractivity contribution in [2.75, 3.05) is 0 Å². The second-order valence-corrected chi connectivity index (χ2v) is 10.1. The maximum absolute atomic E-state index is 12.6. The van der Waals surface area contributed by atoms with Gasteiger partial charge in [-0.25, -0.2) is 8.42 Å². The topological polar surface area (TPSA) is 75.3 Å². The van der Waals surface area contributed by atoms with E-state index in [4.69, 9.17) is 0 Å². The minimum absolute atomic E-state index is 0.199. The van der Waals surface area contributed by atoms with Crippen LogP contribution in [0, 0.1) is 0 Å². The van der Waals surface area contributed by atoms with Gasteiger partial charge in [-0.1, -0.05) is 12.5 Å². The zero-order valence-corrected chi connectivity index (χ0v) is 16.8. The SMILES string of the molecule is O=C(NNS(=O)(=O)c1ccc2c(c1)CCCC2)c1cc2c(s1)CCCCC2. The molecule has 1 amide bonds. The third kappa shape index (κ3) is 4.10. The maximum atomic E-state index is 12.6. The zero-order chi connectivity index (χ0) is 18.9. The molecular weight excluding hydrogens is 380 g/mol. The summed E-state index contributed by atoms with van der Waals surface area (Å²) < 4.78 is 25.1. The van der Waals surface area contributed by atoms with Crippen molar-refractivity contribution in [1.82, 2.24) is 10.3 Å². The molecule has 0 radical (unpaired) electrons. The number of carbonyl (C=O) groups is 1. The van der Waals surface area contributed by atoms with Gasteiger partial charge in [0.05, 0.1) is 9.77 Å². The fraction of sp³-hybridized carbons (Fsp3) is 0.450. The molecule has 27 heavy (non-hydrogen) atoms. The highest BCUT2D eigenvalue weighted by atomic mass is 32.2. The number of amides is 1. The number of hydrogen-bond acceptors (Lipinski definition) is 4. The van der Waals surface area contributed by atoms with Crippen LogP contribution in [0.15, 0.2) is 29.2 Å². The van der Waals surface area contributed by atoms with E-state index in [1.807, 2.05) is 12.1 Å². The Labute approximate surface area is 164 Å². The summed E-state index contributed by atoms with van der Waals surface area (Å²) in [5.74, 6) is -0.394. The molecule has 144 valence electrons. The lowest BCUT2D eigenvalue weighted by Crippen LogP contribution is -2.41. The molecule has 0 unspecified atom stereocenters. The highest BCUT2D eigenvalue weighted by Gasteiger charge is 2.21. The third-order valence-electron chi connectivity index (χ3n) is 5.40. The molecule has 1 aromatic carbocycles. The number of benzene rings is 1. The predicted molar refractivity (Wildman–Crippen MR) is 106 cm³/mol. The second kappa shape index (κ2) is 7.73. The highest BCUT2D eigenvalue weighted by molar-refractivity contribution is 7.89. The second-order valence-electron chi connectivity index (χ2n) is 7.32. The molecular formula is C20H24N2O3S2. The van der Waals surface area contributed by atoms with E-state index >= 15 is 0 Å². The van der Waals surface area contributed by atoms with Gasteiger partial charge < -0.3 is 0 Å². The van der Waals surface area contributed by atoms with Gasteiger partial charge >= 0.3 is 0 Å². The van der Waals surface area contributed by atoms with Crippen molar-refractivity contribution in [3.63, 3.8) is 0 Å². The van der Waals surface area contributed by atoms with Gasteiger partial charge in [0.1, 0.15) is 0 Å². The van der Waals surface area contributed by atoms with E-state index in [9.17, 15) is 13.2 Å². The summed E-state index contributed by atoms with van der Waals surface area (Å²) in [5, 5.41) is 0. The van der Waals surface area contributed by atoms with Crippen molar-refractivity contribution < 1.29 is 13.2 Å². The molecule has 7 heteroatoms. The molecule has 2 aromatic rings. The number of fused-ring (bicyclic) bond motifs is 2. The lowest BCUT2D eigenvalue weighted by molar-refractivity contribution is 0.0949. The summed E-state index contributed by atoms with van der Waals surface area (Å²) in [6.45, 7) is 0. The van der Waals surface area contributed by atoms with Gasteiger partial charge in [-0.05, 0) is 86.3 Å². The van der Waals surface area contributed by atoms with Gasteiger partial charge in [0.15, 0.2) is 0 Å². The standard InChI is InChI=1S/C20H24N2O3S2/c23-20(19-13-16-8-2-1-3-9-18(16)26-19)21-22-27(24,25)17-11-10-14-6-4-5-7-15(14)12-17/h10-13,22H,1-9H2,(H,21,23). The molecule has 0 saturated heterocycles. The van der Waals surface area contributed by atoms with E-state index in [-0.39, 0.29) is 4.90 Å². The first kappa shape index (κ1) is 18.7. The average molecular weight is 405 g/mol. The average Bonchev–Trinajstić information content (AvgIpc) is 2.96.